The van der Waals surface area contributed by atoms with Gasteiger partial charge < -0.3 is 4.74 Å². The second-order valence-electron chi connectivity index (χ2n) is 4.70. The lowest BCUT2D eigenvalue weighted by molar-refractivity contribution is 0.0520. The van der Waals surface area contributed by atoms with Gasteiger partial charge in [0.1, 0.15) is 6.10 Å². The molecule has 0 aliphatic carbocycles. The maximum Gasteiger partial charge on any atom is 0.411 e. The van der Waals surface area contributed by atoms with Gasteiger partial charge in [0.25, 0.3) is 0 Å². The van der Waals surface area contributed by atoms with Crippen LogP contribution >= 0.6 is 11.6 Å². The average molecular weight is 283 g/mol. The summed E-state index contributed by atoms with van der Waals surface area (Å²) in [5, 5.41) is 3.29. The van der Waals surface area contributed by atoms with Crippen molar-refractivity contribution >= 4 is 23.4 Å². The zero-order chi connectivity index (χ0) is 13.7. The summed E-state index contributed by atoms with van der Waals surface area (Å²) in [5.41, 5.74) is 0.653. The molecule has 2 rings (SSSR count). The van der Waals surface area contributed by atoms with Gasteiger partial charge in [0, 0.05) is 17.3 Å². The van der Waals surface area contributed by atoms with Gasteiger partial charge in [0.15, 0.2) is 0 Å². The van der Waals surface area contributed by atoms with E-state index in [2.05, 4.69) is 17.1 Å². The summed E-state index contributed by atoms with van der Waals surface area (Å²) < 4.78 is 5.43. The van der Waals surface area contributed by atoms with Crippen molar-refractivity contribution in [1.29, 1.82) is 0 Å². The molecule has 104 valence electrons. The molecular formula is C14H19ClN2O2. The van der Waals surface area contributed by atoms with E-state index >= 15 is 0 Å². The van der Waals surface area contributed by atoms with E-state index in [0.29, 0.717) is 10.7 Å². The Bertz CT molecular complexity index is 439. The third kappa shape index (κ3) is 4.40. The molecule has 1 amide bonds. The Morgan fingerprint density at radius 1 is 1.58 bits per heavy atom. The van der Waals surface area contributed by atoms with Gasteiger partial charge in [-0.25, -0.2) is 4.79 Å². The van der Waals surface area contributed by atoms with Crippen molar-refractivity contribution in [3.05, 3.63) is 29.3 Å². The number of ether oxygens (including phenoxy) is 1. The lowest BCUT2D eigenvalue weighted by Gasteiger charge is -2.31. The van der Waals surface area contributed by atoms with Crippen LogP contribution in [0.15, 0.2) is 24.3 Å². The van der Waals surface area contributed by atoms with Crippen molar-refractivity contribution in [1.82, 2.24) is 4.90 Å². The number of rotatable bonds is 3. The molecule has 0 spiro atoms. The molecule has 0 aromatic heterocycles. The molecule has 1 aliphatic rings. The van der Waals surface area contributed by atoms with Crippen LogP contribution < -0.4 is 5.32 Å². The maximum atomic E-state index is 11.8. The molecule has 1 N–H and O–H groups in total. The monoisotopic (exact) mass is 282 g/mol. The Labute approximate surface area is 118 Å². The normalized spacial score (nSPS) is 20.0. The second-order valence-corrected chi connectivity index (χ2v) is 5.13. The topological polar surface area (TPSA) is 41.6 Å². The molecule has 0 bridgehead atoms. The Kier molecular flexibility index (Phi) is 5.05. The van der Waals surface area contributed by atoms with E-state index in [1.807, 2.05) is 0 Å². The van der Waals surface area contributed by atoms with Crippen LogP contribution in [-0.4, -0.2) is 36.7 Å². The predicted octanol–water partition coefficient (Wildman–Crippen LogP) is 3.37. The summed E-state index contributed by atoms with van der Waals surface area (Å²) in [6.07, 6.45) is 1.57. The highest BCUT2D eigenvalue weighted by atomic mass is 35.5. The first-order chi connectivity index (χ1) is 9.17. The molecule has 1 unspecified atom stereocenters. The molecule has 0 radical (unpaired) electrons. The second kappa shape index (κ2) is 6.78. The Morgan fingerprint density at radius 3 is 3.16 bits per heavy atom. The van der Waals surface area contributed by atoms with Crippen molar-refractivity contribution in [3.8, 4) is 0 Å². The van der Waals surface area contributed by atoms with E-state index in [1.54, 1.807) is 24.3 Å². The number of hydrogen-bond donors (Lipinski definition) is 1. The van der Waals surface area contributed by atoms with Crippen LogP contribution in [0, 0.1) is 0 Å². The van der Waals surface area contributed by atoms with Gasteiger partial charge in [-0.1, -0.05) is 24.6 Å². The van der Waals surface area contributed by atoms with Gasteiger partial charge in [-0.15, -0.1) is 0 Å². The van der Waals surface area contributed by atoms with E-state index in [9.17, 15) is 4.79 Å². The molecule has 5 heteroatoms. The third-order valence-electron chi connectivity index (χ3n) is 3.25. The van der Waals surface area contributed by atoms with Crippen molar-refractivity contribution in [3.63, 3.8) is 0 Å². The summed E-state index contributed by atoms with van der Waals surface area (Å²) in [4.78, 5) is 14.1. The fraction of sp³-hybridized carbons (Fsp3) is 0.500. The molecule has 1 aliphatic heterocycles. The van der Waals surface area contributed by atoms with E-state index in [0.717, 1.165) is 32.5 Å². The number of amides is 1. The van der Waals surface area contributed by atoms with Crippen LogP contribution in [-0.2, 0) is 4.74 Å². The molecule has 19 heavy (non-hydrogen) atoms. The number of likely N-dealkylation sites (tertiary alicyclic amines) is 1. The number of carbonyl (C=O) groups excluding carboxylic acids is 1. The van der Waals surface area contributed by atoms with Crippen molar-refractivity contribution < 1.29 is 9.53 Å². The first-order valence-electron chi connectivity index (χ1n) is 6.63. The van der Waals surface area contributed by atoms with Gasteiger partial charge >= 0.3 is 6.09 Å². The highest BCUT2D eigenvalue weighted by Crippen LogP contribution is 2.17. The number of carbonyl (C=O) groups is 1. The lowest BCUT2D eigenvalue weighted by Crippen LogP contribution is -2.40. The quantitative estimate of drug-likeness (QED) is 0.924. The predicted molar refractivity (Wildman–Crippen MR) is 76.7 cm³/mol. The average Bonchev–Trinajstić information content (AvgIpc) is 2.38. The summed E-state index contributed by atoms with van der Waals surface area (Å²) in [6, 6.07) is 7.03. The summed E-state index contributed by atoms with van der Waals surface area (Å²) in [6.45, 7) is 5.02. The third-order valence-corrected chi connectivity index (χ3v) is 3.49. The van der Waals surface area contributed by atoms with Gasteiger partial charge in [-0.3, -0.25) is 10.2 Å². The van der Waals surface area contributed by atoms with Crippen LogP contribution in [0.4, 0.5) is 10.5 Å². The lowest BCUT2D eigenvalue weighted by atomic mass is 10.1. The van der Waals surface area contributed by atoms with E-state index in [4.69, 9.17) is 16.3 Å². The van der Waals surface area contributed by atoms with Crippen molar-refractivity contribution in [2.24, 2.45) is 0 Å². The summed E-state index contributed by atoms with van der Waals surface area (Å²) >= 11 is 5.86. The molecule has 4 nitrogen and oxygen atoms in total. The maximum absolute atomic E-state index is 11.8. The largest absolute Gasteiger partial charge is 0.445 e. The number of piperidine rings is 1. The van der Waals surface area contributed by atoms with Crippen LogP contribution in [0.25, 0.3) is 0 Å². The fourth-order valence-corrected chi connectivity index (χ4v) is 2.45. The number of anilines is 1. The minimum absolute atomic E-state index is 0.0205. The molecule has 1 atom stereocenters. The summed E-state index contributed by atoms with van der Waals surface area (Å²) in [5.74, 6) is 0. The van der Waals surface area contributed by atoms with Crippen molar-refractivity contribution in [2.75, 3.05) is 25.0 Å². The fourth-order valence-electron chi connectivity index (χ4n) is 2.26. The van der Waals surface area contributed by atoms with E-state index in [-0.39, 0.29) is 6.10 Å². The Hall–Kier alpha value is -1.26. The van der Waals surface area contributed by atoms with Crippen LogP contribution in [0.2, 0.25) is 5.02 Å². The SMILES string of the molecule is CCN1CCCC(OC(=O)Nc2cccc(Cl)c2)C1. The Balaban J connectivity index is 1.84. The first-order valence-corrected chi connectivity index (χ1v) is 7.00. The highest BCUT2D eigenvalue weighted by Gasteiger charge is 2.21. The zero-order valence-corrected chi connectivity index (χ0v) is 11.8. The summed E-state index contributed by atoms with van der Waals surface area (Å²) in [7, 11) is 0. The minimum atomic E-state index is -0.412. The number of halogens is 1. The number of likely N-dealkylation sites (N-methyl/N-ethyl adjacent to an activating group) is 1. The molecule has 1 aromatic carbocycles. The van der Waals surface area contributed by atoms with E-state index < -0.39 is 6.09 Å². The smallest absolute Gasteiger partial charge is 0.411 e. The Morgan fingerprint density at radius 2 is 2.42 bits per heavy atom. The minimum Gasteiger partial charge on any atom is -0.445 e. The van der Waals surface area contributed by atoms with Crippen LogP contribution in [0.5, 0.6) is 0 Å². The van der Waals surface area contributed by atoms with E-state index in [1.165, 1.54) is 0 Å². The molecular weight excluding hydrogens is 264 g/mol. The number of nitrogens with one attached hydrogen (secondary N) is 1. The highest BCUT2D eigenvalue weighted by molar-refractivity contribution is 6.30. The first kappa shape index (κ1) is 14.2. The number of hydrogen-bond acceptors (Lipinski definition) is 3. The number of nitrogens with zero attached hydrogens (tertiary/aromatic N) is 1. The standard InChI is InChI=1S/C14H19ClN2O2/c1-2-17-8-4-7-13(10-17)19-14(18)16-12-6-3-5-11(15)9-12/h3,5-6,9,13H,2,4,7-8,10H2,1H3,(H,16,18). The van der Waals surface area contributed by atoms with Gasteiger partial charge in [-0.2, -0.15) is 0 Å². The molecule has 1 aromatic rings. The van der Waals surface area contributed by atoms with Crippen LogP contribution in [0.3, 0.4) is 0 Å². The number of benzene rings is 1. The van der Waals surface area contributed by atoms with Gasteiger partial charge in [0.2, 0.25) is 0 Å². The van der Waals surface area contributed by atoms with Gasteiger partial charge in [0.05, 0.1) is 0 Å². The molecule has 1 heterocycles. The molecule has 1 saturated heterocycles. The van der Waals surface area contributed by atoms with Gasteiger partial charge in [-0.05, 0) is 44.1 Å². The zero-order valence-electron chi connectivity index (χ0n) is 11.1. The van der Waals surface area contributed by atoms with Crippen LogP contribution in [0.1, 0.15) is 19.8 Å². The molecule has 1 fully saturated rings. The van der Waals surface area contributed by atoms with Crippen molar-refractivity contribution in [2.45, 2.75) is 25.9 Å². The molecule has 0 saturated carbocycles.